The fourth-order valence-corrected chi connectivity index (χ4v) is 3.52. The average molecular weight is 424 g/mol. The fraction of sp³-hybridized carbons (Fsp3) is 0.600. The molecule has 0 unspecified atom stereocenters. The first-order valence-electron chi connectivity index (χ1n) is 9.19. The minimum Gasteiger partial charge on any atom is -0.444 e. The summed E-state index contributed by atoms with van der Waals surface area (Å²) in [6, 6.07) is 0. The number of carbonyl (C=O) groups excluding carboxylic acids is 1. The number of ether oxygens (including phenoxy) is 1. The Morgan fingerprint density at radius 3 is 2.54 bits per heavy atom. The van der Waals surface area contributed by atoms with Gasteiger partial charge in [-0.05, 0) is 67.5 Å². The standard InChI is InChI=1S/C20H30BrN3O2/c1-7-8-16-17(13-23(6)18(16)22-14(2)21)15-9-11-24(12-10-15)19(25)26-20(3,4)5/h8,13,15H,2,7,9-12H2,1,3-6H3/b16-8-,22-18?. The van der Waals surface area contributed by atoms with Gasteiger partial charge in [0.05, 0.1) is 0 Å². The maximum absolute atomic E-state index is 12.3. The number of likely N-dealkylation sites (tertiary alicyclic amines) is 1. The molecule has 0 atom stereocenters. The smallest absolute Gasteiger partial charge is 0.410 e. The first-order valence-corrected chi connectivity index (χ1v) is 9.98. The van der Waals surface area contributed by atoms with Gasteiger partial charge in [0.25, 0.3) is 0 Å². The zero-order valence-corrected chi connectivity index (χ0v) is 18.1. The lowest BCUT2D eigenvalue weighted by Crippen LogP contribution is -2.42. The predicted octanol–water partition coefficient (Wildman–Crippen LogP) is 5.06. The van der Waals surface area contributed by atoms with E-state index in [1.165, 1.54) is 11.1 Å². The van der Waals surface area contributed by atoms with E-state index in [9.17, 15) is 4.79 Å². The molecule has 0 aromatic heterocycles. The Hall–Kier alpha value is -1.56. The van der Waals surface area contributed by atoms with E-state index in [0.29, 0.717) is 10.5 Å². The monoisotopic (exact) mass is 423 g/mol. The van der Waals surface area contributed by atoms with Crippen LogP contribution >= 0.6 is 15.9 Å². The van der Waals surface area contributed by atoms with Crippen molar-refractivity contribution in [2.24, 2.45) is 10.9 Å². The van der Waals surface area contributed by atoms with Gasteiger partial charge in [0.2, 0.25) is 0 Å². The highest BCUT2D eigenvalue weighted by atomic mass is 79.9. The maximum Gasteiger partial charge on any atom is 0.410 e. The zero-order chi connectivity index (χ0) is 19.5. The number of amidine groups is 1. The van der Waals surface area contributed by atoms with Crippen molar-refractivity contribution in [2.75, 3.05) is 20.1 Å². The number of likely N-dealkylation sites (N-methyl/N-ethyl adjacent to an activating group) is 1. The predicted molar refractivity (Wildman–Crippen MR) is 110 cm³/mol. The highest BCUT2D eigenvalue weighted by molar-refractivity contribution is 9.11. The molecular formula is C20H30BrN3O2. The number of halogens is 1. The van der Waals surface area contributed by atoms with Crippen LogP contribution in [0.2, 0.25) is 0 Å². The van der Waals surface area contributed by atoms with Crippen molar-refractivity contribution < 1.29 is 9.53 Å². The SMILES string of the molecule is C=C(Br)N=C1/C(=C\CC)C(C2CCN(C(=O)OC(C)(C)C)CC2)=CN1C. The lowest BCUT2D eigenvalue weighted by molar-refractivity contribution is 0.0195. The molecule has 26 heavy (non-hydrogen) atoms. The summed E-state index contributed by atoms with van der Waals surface area (Å²) in [5.41, 5.74) is 2.04. The molecule has 1 fully saturated rings. The van der Waals surface area contributed by atoms with Gasteiger partial charge in [-0.2, -0.15) is 0 Å². The number of allylic oxidation sites excluding steroid dienone is 1. The van der Waals surface area contributed by atoms with Gasteiger partial charge in [0, 0.05) is 31.9 Å². The fourth-order valence-electron chi connectivity index (χ4n) is 3.35. The number of aliphatic imine (C=N–C) groups is 1. The summed E-state index contributed by atoms with van der Waals surface area (Å²) >= 11 is 3.34. The topological polar surface area (TPSA) is 45.1 Å². The third-order valence-electron chi connectivity index (χ3n) is 4.44. The van der Waals surface area contributed by atoms with Gasteiger partial charge in [-0.15, -0.1) is 0 Å². The number of carbonyl (C=O) groups is 1. The third-order valence-corrected chi connectivity index (χ3v) is 4.62. The highest BCUT2D eigenvalue weighted by Gasteiger charge is 2.33. The second kappa shape index (κ2) is 8.42. The second-order valence-corrected chi connectivity index (χ2v) is 8.69. The molecule has 0 aliphatic carbocycles. The molecule has 2 rings (SSSR count). The molecule has 0 bridgehead atoms. The molecule has 2 aliphatic heterocycles. The Kier molecular flexibility index (Phi) is 6.72. The van der Waals surface area contributed by atoms with Crippen molar-refractivity contribution >= 4 is 27.9 Å². The summed E-state index contributed by atoms with van der Waals surface area (Å²) in [5.74, 6) is 1.35. The van der Waals surface area contributed by atoms with Gasteiger partial charge in [0.15, 0.2) is 0 Å². The normalized spacial score (nSPS) is 22.2. The van der Waals surface area contributed by atoms with Crippen LogP contribution in [0.3, 0.4) is 0 Å². The molecule has 0 N–H and O–H groups in total. The molecule has 144 valence electrons. The van der Waals surface area contributed by atoms with Crippen LogP contribution in [-0.2, 0) is 4.74 Å². The lowest BCUT2D eigenvalue weighted by atomic mass is 9.86. The third kappa shape index (κ3) is 5.22. The number of piperidine rings is 1. The Balaban J connectivity index is 2.09. The molecule has 6 heteroatoms. The summed E-state index contributed by atoms with van der Waals surface area (Å²) < 4.78 is 6.12. The first kappa shape index (κ1) is 20.7. The Labute approximate surface area is 165 Å². The number of nitrogens with zero attached hydrogens (tertiary/aromatic N) is 3. The Morgan fingerprint density at radius 2 is 2.04 bits per heavy atom. The van der Waals surface area contributed by atoms with Crippen LogP contribution in [0.25, 0.3) is 0 Å². The van der Waals surface area contributed by atoms with Crippen LogP contribution in [0.4, 0.5) is 4.79 Å². The molecule has 0 saturated carbocycles. The molecule has 0 aromatic rings. The molecule has 1 saturated heterocycles. The van der Waals surface area contributed by atoms with Gasteiger partial charge in [-0.1, -0.05) is 19.6 Å². The van der Waals surface area contributed by atoms with Gasteiger partial charge >= 0.3 is 6.09 Å². The van der Waals surface area contributed by atoms with Gasteiger partial charge in [-0.3, -0.25) is 0 Å². The van der Waals surface area contributed by atoms with Crippen LogP contribution in [0, 0.1) is 5.92 Å². The number of hydrogen-bond donors (Lipinski definition) is 0. The second-order valence-electron chi connectivity index (χ2n) is 7.77. The van der Waals surface area contributed by atoms with Crippen molar-refractivity contribution in [1.82, 2.24) is 9.80 Å². The lowest BCUT2D eigenvalue weighted by Gasteiger charge is -2.34. The summed E-state index contributed by atoms with van der Waals surface area (Å²) in [4.78, 5) is 20.7. The van der Waals surface area contributed by atoms with Crippen LogP contribution in [0.5, 0.6) is 0 Å². The molecule has 5 nitrogen and oxygen atoms in total. The minimum atomic E-state index is -0.453. The molecular weight excluding hydrogens is 394 g/mol. The summed E-state index contributed by atoms with van der Waals surface area (Å²) in [6.45, 7) is 13.1. The maximum atomic E-state index is 12.3. The molecule has 0 radical (unpaired) electrons. The van der Waals surface area contributed by atoms with Gasteiger partial charge < -0.3 is 14.5 Å². The van der Waals surface area contributed by atoms with Gasteiger partial charge in [0.1, 0.15) is 16.0 Å². The molecule has 1 amide bonds. The largest absolute Gasteiger partial charge is 0.444 e. The summed E-state index contributed by atoms with van der Waals surface area (Å²) in [6.07, 6.45) is 7.00. The van der Waals surface area contributed by atoms with E-state index < -0.39 is 5.60 Å². The number of hydrogen-bond acceptors (Lipinski definition) is 3. The minimum absolute atomic E-state index is 0.212. The first-order chi connectivity index (χ1) is 12.1. The quantitative estimate of drug-likeness (QED) is 0.595. The van der Waals surface area contributed by atoms with Crippen LogP contribution in [0.15, 0.2) is 39.6 Å². The average Bonchev–Trinajstić information content (AvgIpc) is 2.82. The number of amides is 1. The highest BCUT2D eigenvalue weighted by Crippen LogP contribution is 2.36. The van der Waals surface area contributed by atoms with Crippen LogP contribution < -0.4 is 0 Å². The van der Waals surface area contributed by atoms with E-state index >= 15 is 0 Å². The van der Waals surface area contributed by atoms with E-state index in [0.717, 1.165) is 38.2 Å². The molecule has 0 spiro atoms. The van der Waals surface area contributed by atoms with Crippen LogP contribution in [-0.4, -0.2) is 47.5 Å². The summed E-state index contributed by atoms with van der Waals surface area (Å²) in [5, 5.41) is 0. The zero-order valence-electron chi connectivity index (χ0n) is 16.5. The van der Waals surface area contributed by atoms with Crippen molar-refractivity contribution in [1.29, 1.82) is 0 Å². The van der Waals surface area contributed by atoms with Crippen molar-refractivity contribution in [3.63, 3.8) is 0 Å². The van der Waals surface area contributed by atoms with E-state index in [-0.39, 0.29) is 6.09 Å². The van der Waals surface area contributed by atoms with E-state index in [1.807, 2.05) is 32.7 Å². The Bertz CT molecular complexity index is 650. The van der Waals surface area contributed by atoms with Crippen molar-refractivity contribution in [2.45, 2.75) is 52.6 Å². The molecule has 0 aromatic carbocycles. The van der Waals surface area contributed by atoms with Gasteiger partial charge in [-0.25, -0.2) is 9.79 Å². The van der Waals surface area contributed by atoms with E-state index in [4.69, 9.17) is 4.74 Å². The van der Waals surface area contributed by atoms with E-state index in [1.54, 1.807) is 0 Å². The molecule has 2 heterocycles. The van der Waals surface area contributed by atoms with Crippen molar-refractivity contribution in [3.05, 3.63) is 34.6 Å². The van der Waals surface area contributed by atoms with E-state index in [2.05, 4.69) is 51.6 Å². The number of rotatable bonds is 3. The Morgan fingerprint density at radius 1 is 1.42 bits per heavy atom. The molecule has 2 aliphatic rings. The van der Waals surface area contributed by atoms with Crippen LogP contribution in [0.1, 0.15) is 47.0 Å². The summed E-state index contributed by atoms with van der Waals surface area (Å²) in [7, 11) is 2.01. The van der Waals surface area contributed by atoms with Crippen molar-refractivity contribution in [3.8, 4) is 0 Å².